The maximum absolute atomic E-state index is 13.0. The third-order valence-electron chi connectivity index (χ3n) is 4.27. The van der Waals surface area contributed by atoms with E-state index >= 15 is 0 Å². The number of aromatic nitrogens is 2. The number of carbonyl (C=O) groups excluding carboxylic acids is 1. The number of nitrogens with one attached hydrogen (secondary N) is 2. The molecule has 2 aromatic carbocycles. The molecule has 0 unspecified atom stereocenters. The first-order chi connectivity index (χ1) is 13.3. The Hall–Kier alpha value is -3.28. The molecule has 3 aromatic rings. The van der Waals surface area contributed by atoms with Crippen LogP contribution < -0.4 is 10.6 Å². The summed E-state index contributed by atoms with van der Waals surface area (Å²) in [6, 6.07) is 15.5. The second-order valence-electron chi connectivity index (χ2n) is 7.52. The molecule has 1 amide bonds. The molecule has 0 bridgehead atoms. The van der Waals surface area contributed by atoms with Crippen molar-refractivity contribution in [1.29, 1.82) is 0 Å². The van der Waals surface area contributed by atoms with Gasteiger partial charge in [0.15, 0.2) is 0 Å². The smallest absolute Gasteiger partial charge is 0.274 e. The lowest BCUT2D eigenvalue weighted by atomic mass is 9.86. The Balaban J connectivity index is 1.72. The molecule has 28 heavy (non-hydrogen) atoms. The standard InChI is InChI=1S/C22H23FN4O/c1-22(2,3)17-6-4-5-7-18(17)27-21(28)19-12-20(26-14-25-19)24-13-15-8-10-16(23)11-9-15/h4-12,14H,13H2,1-3H3,(H,27,28)(H,24,25,26). The highest BCUT2D eigenvalue weighted by Crippen LogP contribution is 2.29. The summed E-state index contributed by atoms with van der Waals surface area (Å²) in [5.74, 6) is -0.0576. The Kier molecular flexibility index (Phi) is 5.68. The molecule has 0 radical (unpaired) electrons. The number of amides is 1. The quantitative estimate of drug-likeness (QED) is 0.671. The van der Waals surface area contributed by atoms with Crippen LogP contribution in [0, 0.1) is 5.82 Å². The summed E-state index contributed by atoms with van der Waals surface area (Å²) in [5, 5.41) is 6.06. The number of hydrogen-bond donors (Lipinski definition) is 2. The Bertz CT molecular complexity index is 965. The van der Waals surface area contributed by atoms with Gasteiger partial charge in [0.05, 0.1) is 0 Å². The number of halogens is 1. The molecule has 5 nitrogen and oxygen atoms in total. The van der Waals surface area contributed by atoms with Crippen LogP contribution >= 0.6 is 0 Å². The van der Waals surface area contributed by atoms with Crippen molar-refractivity contribution in [1.82, 2.24) is 9.97 Å². The highest BCUT2D eigenvalue weighted by Gasteiger charge is 2.19. The Labute approximate surface area is 164 Å². The largest absolute Gasteiger partial charge is 0.366 e. The third kappa shape index (κ3) is 4.91. The lowest BCUT2D eigenvalue weighted by Crippen LogP contribution is -2.19. The van der Waals surface area contributed by atoms with Crippen LogP contribution in [0.1, 0.15) is 42.4 Å². The molecule has 0 atom stereocenters. The fourth-order valence-corrected chi connectivity index (χ4v) is 2.81. The van der Waals surface area contributed by atoms with Gasteiger partial charge in [0, 0.05) is 18.3 Å². The van der Waals surface area contributed by atoms with Gasteiger partial charge >= 0.3 is 0 Å². The molecule has 0 saturated heterocycles. The Morgan fingerprint density at radius 1 is 1.04 bits per heavy atom. The first-order valence-corrected chi connectivity index (χ1v) is 9.04. The summed E-state index contributed by atoms with van der Waals surface area (Å²) in [4.78, 5) is 20.9. The van der Waals surface area contributed by atoms with E-state index in [0.717, 1.165) is 16.8 Å². The summed E-state index contributed by atoms with van der Waals surface area (Å²) in [5.41, 5.74) is 2.88. The SMILES string of the molecule is CC(C)(C)c1ccccc1NC(=O)c1cc(NCc2ccc(F)cc2)ncn1. The van der Waals surface area contributed by atoms with E-state index in [0.29, 0.717) is 12.4 Å². The van der Waals surface area contributed by atoms with Crippen LogP contribution in [0.4, 0.5) is 15.9 Å². The maximum Gasteiger partial charge on any atom is 0.274 e. The lowest BCUT2D eigenvalue weighted by Gasteiger charge is -2.22. The zero-order valence-corrected chi connectivity index (χ0v) is 16.2. The molecule has 0 fully saturated rings. The fourth-order valence-electron chi connectivity index (χ4n) is 2.81. The predicted molar refractivity (Wildman–Crippen MR) is 109 cm³/mol. The van der Waals surface area contributed by atoms with Gasteiger partial charge < -0.3 is 10.6 Å². The van der Waals surface area contributed by atoms with Gasteiger partial charge in [0.25, 0.3) is 5.91 Å². The molecular weight excluding hydrogens is 355 g/mol. The molecule has 0 aliphatic carbocycles. The second kappa shape index (κ2) is 8.17. The van der Waals surface area contributed by atoms with Gasteiger partial charge in [-0.15, -0.1) is 0 Å². The van der Waals surface area contributed by atoms with Crippen molar-refractivity contribution in [3.63, 3.8) is 0 Å². The van der Waals surface area contributed by atoms with Crippen molar-refractivity contribution in [3.05, 3.63) is 83.6 Å². The Morgan fingerprint density at radius 2 is 1.75 bits per heavy atom. The number of carbonyl (C=O) groups is 1. The van der Waals surface area contributed by atoms with Gasteiger partial charge in [-0.25, -0.2) is 14.4 Å². The van der Waals surface area contributed by atoms with E-state index in [2.05, 4.69) is 41.4 Å². The van der Waals surface area contributed by atoms with Crippen molar-refractivity contribution in [2.75, 3.05) is 10.6 Å². The number of anilines is 2. The third-order valence-corrected chi connectivity index (χ3v) is 4.27. The minimum atomic E-state index is -0.302. The molecule has 2 N–H and O–H groups in total. The summed E-state index contributed by atoms with van der Waals surface area (Å²) in [6.07, 6.45) is 1.34. The maximum atomic E-state index is 13.0. The zero-order valence-electron chi connectivity index (χ0n) is 16.2. The number of nitrogens with zero attached hydrogens (tertiary/aromatic N) is 2. The van der Waals surface area contributed by atoms with Crippen LogP contribution in [0.5, 0.6) is 0 Å². The number of rotatable bonds is 5. The van der Waals surface area contributed by atoms with Crippen LogP contribution in [-0.2, 0) is 12.0 Å². The van der Waals surface area contributed by atoms with Crippen LogP contribution in [-0.4, -0.2) is 15.9 Å². The molecule has 0 aliphatic rings. The highest BCUT2D eigenvalue weighted by atomic mass is 19.1. The highest BCUT2D eigenvalue weighted by molar-refractivity contribution is 6.03. The topological polar surface area (TPSA) is 66.9 Å². The van der Waals surface area contributed by atoms with Gasteiger partial charge in [0.1, 0.15) is 23.7 Å². The molecule has 144 valence electrons. The molecule has 1 heterocycles. The molecule has 6 heteroatoms. The average molecular weight is 378 g/mol. The van der Waals surface area contributed by atoms with Crippen molar-refractivity contribution < 1.29 is 9.18 Å². The van der Waals surface area contributed by atoms with E-state index < -0.39 is 0 Å². The minimum Gasteiger partial charge on any atom is -0.366 e. The Morgan fingerprint density at radius 3 is 2.46 bits per heavy atom. The minimum absolute atomic E-state index is 0.0998. The van der Waals surface area contributed by atoms with Crippen molar-refractivity contribution in [3.8, 4) is 0 Å². The first-order valence-electron chi connectivity index (χ1n) is 9.04. The van der Waals surface area contributed by atoms with Gasteiger partial charge in [0.2, 0.25) is 0 Å². The fraction of sp³-hybridized carbons (Fsp3) is 0.227. The normalized spacial score (nSPS) is 11.1. The van der Waals surface area contributed by atoms with Crippen molar-refractivity contribution in [2.45, 2.75) is 32.7 Å². The van der Waals surface area contributed by atoms with Crippen LogP contribution in [0.2, 0.25) is 0 Å². The van der Waals surface area contributed by atoms with Gasteiger partial charge in [-0.2, -0.15) is 0 Å². The van der Waals surface area contributed by atoms with E-state index in [1.54, 1.807) is 18.2 Å². The molecule has 0 saturated carbocycles. The second-order valence-corrected chi connectivity index (χ2v) is 7.52. The molecule has 0 spiro atoms. The van der Waals surface area contributed by atoms with Gasteiger partial charge in [-0.1, -0.05) is 51.1 Å². The van der Waals surface area contributed by atoms with Crippen LogP contribution in [0.3, 0.4) is 0 Å². The van der Waals surface area contributed by atoms with E-state index in [9.17, 15) is 9.18 Å². The number of benzene rings is 2. The van der Waals surface area contributed by atoms with Crippen molar-refractivity contribution >= 4 is 17.4 Å². The van der Waals surface area contributed by atoms with E-state index in [4.69, 9.17) is 0 Å². The lowest BCUT2D eigenvalue weighted by molar-refractivity contribution is 0.102. The molecular formula is C22H23FN4O. The van der Waals surface area contributed by atoms with E-state index in [1.807, 2.05) is 24.3 Å². The summed E-state index contributed by atoms with van der Waals surface area (Å²) < 4.78 is 13.0. The monoisotopic (exact) mass is 378 g/mol. The van der Waals surface area contributed by atoms with Crippen LogP contribution in [0.15, 0.2) is 60.9 Å². The zero-order chi connectivity index (χ0) is 20.1. The molecule has 1 aromatic heterocycles. The van der Waals surface area contributed by atoms with E-state index in [1.165, 1.54) is 18.5 Å². The number of para-hydroxylation sites is 1. The molecule has 0 aliphatic heterocycles. The number of hydrogen-bond acceptors (Lipinski definition) is 4. The van der Waals surface area contributed by atoms with Crippen LogP contribution in [0.25, 0.3) is 0 Å². The van der Waals surface area contributed by atoms with E-state index in [-0.39, 0.29) is 22.8 Å². The van der Waals surface area contributed by atoms with Crippen molar-refractivity contribution in [2.24, 2.45) is 0 Å². The van der Waals surface area contributed by atoms with Gasteiger partial charge in [-0.3, -0.25) is 4.79 Å². The summed E-state index contributed by atoms with van der Waals surface area (Å²) >= 11 is 0. The van der Waals surface area contributed by atoms with Gasteiger partial charge in [-0.05, 0) is 34.7 Å². The average Bonchev–Trinajstić information content (AvgIpc) is 2.67. The predicted octanol–water partition coefficient (Wildman–Crippen LogP) is 4.78. The molecule has 3 rings (SSSR count). The summed E-state index contributed by atoms with van der Waals surface area (Å²) in [6.45, 7) is 6.76. The first kappa shape index (κ1) is 19.5. The summed E-state index contributed by atoms with van der Waals surface area (Å²) in [7, 11) is 0.